The van der Waals surface area contributed by atoms with E-state index in [0.717, 1.165) is 41.7 Å². The zero-order valence-electron chi connectivity index (χ0n) is 15.4. The van der Waals surface area contributed by atoms with Crippen LogP contribution in [0.1, 0.15) is 33.1 Å². The molecule has 6 nitrogen and oxygen atoms in total. The van der Waals surface area contributed by atoms with Crippen molar-refractivity contribution in [2.75, 3.05) is 41.6 Å². The molecular weight excluding hydrogens is 338 g/mol. The van der Waals surface area contributed by atoms with Gasteiger partial charge in [0.1, 0.15) is 6.54 Å². The number of benzene rings is 1. The molecule has 1 amide bonds. The molecule has 1 saturated heterocycles. The maximum atomic E-state index is 12.1. The van der Waals surface area contributed by atoms with Gasteiger partial charge >= 0.3 is 0 Å². The summed E-state index contributed by atoms with van der Waals surface area (Å²) in [6.45, 7) is 6.62. The molecule has 1 aliphatic rings. The summed E-state index contributed by atoms with van der Waals surface area (Å²) in [5, 5.41) is 2.72. The SMILES string of the molecule is CCCNC(=O)CN(c1ccc(N2CCC(C)CC2)cc1)S(C)(=O)=O. The fraction of sp³-hybridized carbons (Fsp3) is 0.611. The fourth-order valence-electron chi connectivity index (χ4n) is 2.95. The molecular formula is C18H29N3O3S. The van der Waals surface area contributed by atoms with Crippen LogP contribution >= 0.6 is 0 Å². The smallest absolute Gasteiger partial charge is 0.240 e. The second-order valence-corrected chi connectivity index (χ2v) is 8.71. The van der Waals surface area contributed by atoms with Crippen molar-refractivity contribution in [1.29, 1.82) is 0 Å². The molecule has 0 atom stereocenters. The van der Waals surface area contributed by atoms with Crippen LogP contribution in [0.3, 0.4) is 0 Å². The first-order valence-electron chi connectivity index (χ1n) is 8.90. The molecule has 7 heteroatoms. The van der Waals surface area contributed by atoms with Gasteiger partial charge < -0.3 is 10.2 Å². The lowest BCUT2D eigenvalue weighted by atomic mass is 9.99. The number of hydrogen-bond donors (Lipinski definition) is 1. The van der Waals surface area contributed by atoms with Crippen molar-refractivity contribution in [3.8, 4) is 0 Å². The van der Waals surface area contributed by atoms with Crippen LogP contribution in [0.2, 0.25) is 0 Å². The van der Waals surface area contributed by atoms with E-state index in [1.165, 1.54) is 12.8 Å². The molecule has 1 aliphatic heterocycles. The van der Waals surface area contributed by atoms with Gasteiger partial charge in [-0.1, -0.05) is 13.8 Å². The van der Waals surface area contributed by atoms with Crippen molar-refractivity contribution in [3.05, 3.63) is 24.3 Å². The van der Waals surface area contributed by atoms with Gasteiger partial charge in [-0.15, -0.1) is 0 Å². The van der Waals surface area contributed by atoms with E-state index < -0.39 is 10.0 Å². The molecule has 25 heavy (non-hydrogen) atoms. The molecule has 0 aliphatic carbocycles. The van der Waals surface area contributed by atoms with Crippen molar-refractivity contribution in [3.63, 3.8) is 0 Å². The molecule has 0 unspecified atom stereocenters. The summed E-state index contributed by atoms with van der Waals surface area (Å²) in [5.41, 5.74) is 1.61. The highest BCUT2D eigenvalue weighted by molar-refractivity contribution is 7.92. The van der Waals surface area contributed by atoms with Gasteiger partial charge in [0, 0.05) is 25.3 Å². The van der Waals surface area contributed by atoms with Gasteiger partial charge in [-0.3, -0.25) is 9.10 Å². The van der Waals surface area contributed by atoms with Gasteiger partial charge in [-0.05, 0) is 49.4 Å². The number of hydrogen-bond acceptors (Lipinski definition) is 4. The molecule has 1 aromatic rings. The summed E-state index contributed by atoms with van der Waals surface area (Å²) >= 11 is 0. The van der Waals surface area contributed by atoms with Crippen LogP contribution in [0.25, 0.3) is 0 Å². The van der Waals surface area contributed by atoms with E-state index >= 15 is 0 Å². The average molecular weight is 368 g/mol. The highest BCUT2D eigenvalue weighted by atomic mass is 32.2. The Balaban J connectivity index is 2.11. The Morgan fingerprint density at radius 2 is 1.84 bits per heavy atom. The van der Waals surface area contributed by atoms with Gasteiger partial charge in [0.25, 0.3) is 0 Å². The summed E-state index contributed by atoms with van der Waals surface area (Å²) in [6, 6.07) is 7.43. The van der Waals surface area contributed by atoms with Gasteiger partial charge in [0.2, 0.25) is 15.9 Å². The van der Waals surface area contributed by atoms with Crippen LogP contribution in [-0.2, 0) is 14.8 Å². The Bertz CT molecular complexity index is 665. The third-order valence-electron chi connectivity index (χ3n) is 4.55. The minimum Gasteiger partial charge on any atom is -0.372 e. The van der Waals surface area contributed by atoms with Crippen LogP contribution in [0.4, 0.5) is 11.4 Å². The number of nitrogens with zero attached hydrogens (tertiary/aromatic N) is 2. The zero-order chi connectivity index (χ0) is 18.4. The normalized spacial score (nSPS) is 15.9. The number of rotatable bonds is 7. The maximum Gasteiger partial charge on any atom is 0.240 e. The third-order valence-corrected chi connectivity index (χ3v) is 5.69. The Hall–Kier alpha value is -1.76. The lowest BCUT2D eigenvalue weighted by Gasteiger charge is -2.32. The predicted molar refractivity (Wildman–Crippen MR) is 103 cm³/mol. The Kier molecular flexibility index (Phi) is 6.70. The van der Waals surface area contributed by atoms with Crippen molar-refractivity contribution in [2.45, 2.75) is 33.1 Å². The number of nitrogens with one attached hydrogen (secondary N) is 1. The predicted octanol–water partition coefficient (Wildman–Crippen LogP) is 2.22. The largest absolute Gasteiger partial charge is 0.372 e. The van der Waals surface area contributed by atoms with Crippen LogP contribution in [0.5, 0.6) is 0 Å². The molecule has 1 fully saturated rings. The van der Waals surface area contributed by atoms with Crippen molar-refractivity contribution in [1.82, 2.24) is 5.32 Å². The van der Waals surface area contributed by atoms with Crippen molar-refractivity contribution in [2.24, 2.45) is 5.92 Å². The molecule has 1 heterocycles. The maximum absolute atomic E-state index is 12.1. The van der Waals surface area contributed by atoms with E-state index in [2.05, 4.69) is 17.1 Å². The van der Waals surface area contributed by atoms with E-state index in [-0.39, 0.29) is 12.5 Å². The highest BCUT2D eigenvalue weighted by Gasteiger charge is 2.21. The number of carbonyl (C=O) groups is 1. The van der Waals surface area contributed by atoms with Crippen LogP contribution in [0.15, 0.2) is 24.3 Å². The Morgan fingerprint density at radius 3 is 2.36 bits per heavy atom. The number of sulfonamides is 1. The summed E-state index contributed by atoms with van der Waals surface area (Å²) in [6.07, 6.45) is 4.29. The molecule has 0 saturated carbocycles. The number of carbonyl (C=O) groups excluding carboxylic acids is 1. The highest BCUT2D eigenvalue weighted by Crippen LogP contribution is 2.26. The Labute approximate surface area is 151 Å². The molecule has 0 spiro atoms. The zero-order valence-corrected chi connectivity index (χ0v) is 16.2. The fourth-order valence-corrected chi connectivity index (χ4v) is 3.80. The summed E-state index contributed by atoms with van der Waals surface area (Å²) < 4.78 is 25.4. The van der Waals surface area contributed by atoms with Gasteiger partial charge in [0.05, 0.1) is 11.9 Å². The molecule has 1 aromatic carbocycles. The standard InChI is InChI=1S/C18H29N3O3S/c1-4-11-19-18(22)14-21(25(3,23)24)17-7-5-16(6-8-17)20-12-9-15(2)10-13-20/h5-8,15H,4,9-14H2,1-3H3,(H,19,22). The van der Waals surface area contributed by atoms with Crippen molar-refractivity contribution < 1.29 is 13.2 Å². The van der Waals surface area contributed by atoms with Gasteiger partial charge in [-0.25, -0.2) is 8.42 Å². The first kappa shape index (κ1) is 19.6. The van der Waals surface area contributed by atoms with Gasteiger partial charge in [0.15, 0.2) is 0 Å². The molecule has 140 valence electrons. The summed E-state index contributed by atoms with van der Waals surface area (Å²) in [4.78, 5) is 14.3. The second kappa shape index (κ2) is 8.56. The van der Waals surface area contributed by atoms with Crippen LogP contribution < -0.4 is 14.5 Å². The third kappa shape index (κ3) is 5.63. The lowest BCUT2D eigenvalue weighted by molar-refractivity contribution is -0.119. The van der Waals surface area contributed by atoms with Gasteiger partial charge in [-0.2, -0.15) is 0 Å². The van der Waals surface area contributed by atoms with Crippen molar-refractivity contribution >= 4 is 27.3 Å². The second-order valence-electron chi connectivity index (χ2n) is 6.81. The first-order valence-corrected chi connectivity index (χ1v) is 10.8. The van der Waals surface area contributed by atoms with E-state index in [0.29, 0.717) is 12.2 Å². The summed E-state index contributed by atoms with van der Waals surface area (Å²) in [5.74, 6) is 0.472. The number of piperidine rings is 1. The Morgan fingerprint density at radius 1 is 1.24 bits per heavy atom. The van der Waals surface area contributed by atoms with E-state index in [9.17, 15) is 13.2 Å². The van der Waals surface area contributed by atoms with Crippen LogP contribution in [-0.4, -0.2) is 46.8 Å². The lowest BCUT2D eigenvalue weighted by Crippen LogP contribution is -2.40. The quantitative estimate of drug-likeness (QED) is 0.802. The molecule has 2 rings (SSSR count). The number of amides is 1. The number of anilines is 2. The molecule has 0 radical (unpaired) electrons. The molecule has 1 N–H and O–H groups in total. The first-order chi connectivity index (χ1) is 11.8. The van der Waals surface area contributed by atoms with E-state index in [4.69, 9.17) is 0 Å². The monoisotopic (exact) mass is 367 g/mol. The van der Waals surface area contributed by atoms with E-state index in [1.54, 1.807) is 12.1 Å². The topological polar surface area (TPSA) is 69.7 Å². The average Bonchev–Trinajstić information content (AvgIpc) is 2.58. The summed E-state index contributed by atoms with van der Waals surface area (Å²) in [7, 11) is -3.52. The molecule has 0 aromatic heterocycles. The minimum atomic E-state index is -3.52. The molecule has 0 bridgehead atoms. The van der Waals surface area contributed by atoms with Crippen LogP contribution in [0, 0.1) is 5.92 Å². The minimum absolute atomic E-state index is 0.195. The van der Waals surface area contributed by atoms with E-state index in [1.807, 2.05) is 19.1 Å².